The third kappa shape index (κ3) is 5.58. The van der Waals surface area contributed by atoms with Crippen LogP contribution >= 0.6 is 0 Å². The molecule has 16 heavy (non-hydrogen) atoms. The molecule has 3 N–H and O–H groups in total. The molecule has 0 rings (SSSR count). The van der Waals surface area contributed by atoms with Gasteiger partial charge in [-0.3, -0.25) is 4.79 Å². The minimum absolute atomic E-state index is 0.0104. The number of amides is 2. The molecule has 0 unspecified atom stereocenters. The molecule has 0 fully saturated rings. The molecule has 0 radical (unpaired) electrons. The molecule has 0 aromatic carbocycles. The van der Waals surface area contributed by atoms with E-state index in [2.05, 4.69) is 5.32 Å². The standard InChI is InChI=1S/C11H22N2O3/c1-4-6-7-16-11(15)13-9(10(12)14)8(3)5-2/h8-9H,4-7H2,1-3H3,(H2,12,14)(H,13,15)/t8-,9-/m0/s1. The normalized spacial score (nSPS) is 13.9. The monoisotopic (exact) mass is 230 g/mol. The minimum atomic E-state index is -0.654. The Kier molecular flexibility index (Phi) is 7.33. The summed E-state index contributed by atoms with van der Waals surface area (Å²) in [5.41, 5.74) is 5.21. The Morgan fingerprint density at radius 1 is 1.38 bits per heavy atom. The molecule has 5 heteroatoms. The molecular weight excluding hydrogens is 208 g/mol. The summed E-state index contributed by atoms with van der Waals surface area (Å²) in [5.74, 6) is -0.516. The molecule has 0 aliphatic heterocycles. The molecule has 0 aromatic heterocycles. The van der Waals surface area contributed by atoms with Gasteiger partial charge in [-0.15, -0.1) is 0 Å². The summed E-state index contributed by atoms with van der Waals surface area (Å²) in [6, 6.07) is -0.654. The summed E-state index contributed by atoms with van der Waals surface area (Å²) >= 11 is 0. The van der Waals surface area contributed by atoms with E-state index in [9.17, 15) is 9.59 Å². The van der Waals surface area contributed by atoms with Crippen LogP contribution in [0.1, 0.15) is 40.0 Å². The maximum absolute atomic E-state index is 11.3. The topological polar surface area (TPSA) is 81.4 Å². The number of ether oxygens (including phenoxy) is 1. The van der Waals surface area contributed by atoms with Gasteiger partial charge in [-0.1, -0.05) is 33.6 Å². The van der Waals surface area contributed by atoms with Crippen LogP contribution in [0.25, 0.3) is 0 Å². The summed E-state index contributed by atoms with van der Waals surface area (Å²) in [5, 5.41) is 2.49. The molecule has 0 heterocycles. The first kappa shape index (κ1) is 14.7. The molecule has 0 aliphatic rings. The van der Waals surface area contributed by atoms with Crippen molar-refractivity contribution in [1.29, 1.82) is 0 Å². The number of primary amides is 1. The van der Waals surface area contributed by atoms with Gasteiger partial charge in [0.05, 0.1) is 6.61 Å². The average molecular weight is 230 g/mol. The lowest BCUT2D eigenvalue weighted by Gasteiger charge is -2.20. The first-order chi connectivity index (χ1) is 7.52. The predicted octanol–water partition coefficient (Wildman–Crippen LogP) is 1.41. The Labute approximate surface area is 96.7 Å². The van der Waals surface area contributed by atoms with Crippen molar-refractivity contribution < 1.29 is 14.3 Å². The lowest BCUT2D eigenvalue weighted by Crippen LogP contribution is -2.48. The SMILES string of the molecule is CCCCOC(=O)N[C@H](C(N)=O)[C@@H](C)CC. The van der Waals surface area contributed by atoms with Crippen molar-refractivity contribution in [2.75, 3.05) is 6.61 Å². The fourth-order valence-corrected chi connectivity index (χ4v) is 1.21. The van der Waals surface area contributed by atoms with Crippen molar-refractivity contribution in [1.82, 2.24) is 5.32 Å². The number of rotatable bonds is 7. The quantitative estimate of drug-likeness (QED) is 0.649. The lowest BCUT2D eigenvalue weighted by molar-refractivity contribution is -0.121. The number of carbonyl (C=O) groups is 2. The molecule has 0 saturated carbocycles. The fraction of sp³-hybridized carbons (Fsp3) is 0.818. The van der Waals surface area contributed by atoms with E-state index in [1.165, 1.54) is 0 Å². The Hall–Kier alpha value is -1.26. The number of nitrogens with two attached hydrogens (primary N) is 1. The summed E-state index contributed by atoms with van der Waals surface area (Å²) < 4.78 is 4.90. The van der Waals surface area contributed by atoms with Crippen LogP contribution in [0.2, 0.25) is 0 Å². The molecule has 0 bridgehead atoms. The third-order valence-corrected chi connectivity index (χ3v) is 2.52. The summed E-state index contributed by atoms with van der Waals surface area (Å²) in [6.07, 6.45) is 1.97. The van der Waals surface area contributed by atoms with Gasteiger partial charge in [-0.05, 0) is 12.3 Å². The van der Waals surface area contributed by atoms with Crippen LogP contribution in [-0.2, 0) is 9.53 Å². The second-order valence-electron chi connectivity index (χ2n) is 3.90. The second kappa shape index (κ2) is 7.96. The number of nitrogens with one attached hydrogen (secondary N) is 1. The fourth-order valence-electron chi connectivity index (χ4n) is 1.21. The first-order valence-electron chi connectivity index (χ1n) is 5.75. The maximum atomic E-state index is 11.3. The Morgan fingerprint density at radius 2 is 2.00 bits per heavy atom. The van der Waals surface area contributed by atoms with Crippen LogP contribution in [-0.4, -0.2) is 24.6 Å². The minimum Gasteiger partial charge on any atom is -0.450 e. The summed E-state index contributed by atoms with van der Waals surface area (Å²) in [6.45, 7) is 6.17. The van der Waals surface area contributed by atoms with Gasteiger partial charge < -0.3 is 15.8 Å². The van der Waals surface area contributed by atoms with E-state index in [0.29, 0.717) is 6.61 Å². The van der Waals surface area contributed by atoms with Crippen LogP contribution in [0, 0.1) is 5.92 Å². The number of hydrogen-bond donors (Lipinski definition) is 2. The molecule has 0 aromatic rings. The molecular formula is C11H22N2O3. The van der Waals surface area contributed by atoms with E-state index in [1.54, 1.807) is 0 Å². The second-order valence-corrected chi connectivity index (χ2v) is 3.90. The van der Waals surface area contributed by atoms with Gasteiger partial charge in [0.15, 0.2) is 0 Å². The first-order valence-corrected chi connectivity index (χ1v) is 5.75. The van der Waals surface area contributed by atoms with Crippen molar-refractivity contribution in [2.45, 2.75) is 46.1 Å². The van der Waals surface area contributed by atoms with Crippen molar-refractivity contribution in [2.24, 2.45) is 11.7 Å². The van der Waals surface area contributed by atoms with Gasteiger partial charge in [-0.2, -0.15) is 0 Å². The number of unbranched alkanes of at least 4 members (excludes halogenated alkanes) is 1. The maximum Gasteiger partial charge on any atom is 0.407 e. The lowest BCUT2D eigenvalue weighted by atomic mass is 9.99. The number of hydrogen-bond acceptors (Lipinski definition) is 3. The van der Waals surface area contributed by atoms with Gasteiger partial charge in [0, 0.05) is 0 Å². The van der Waals surface area contributed by atoms with Gasteiger partial charge in [0.2, 0.25) is 5.91 Å². The van der Waals surface area contributed by atoms with E-state index in [0.717, 1.165) is 19.3 Å². The highest BCUT2D eigenvalue weighted by Gasteiger charge is 2.23. The number of alkyl carbamates (subject to hydrolysis) is 1. The van der Waals surface area contributed by atoms with E-state index in [4.69, 9.17) is 10.5 Å². The molecule has 0 aliphatic carbocycles. The van der Waals surface area contributed by atoms with Crippen molar-refractivity contribution in [3.8, 4) is 0 Å². The predicted molar refractivity (Wildman–Crippen MR) is 61.8 cm³/mol. The van der Waals surface area contributed by atoms with E-state index >= 15 is 0 Å². The highest BCUT2D eigenvalue weighted by Crippen LogP contribution is 2.07. The van der Waals surface area contributed by atoms with Gasteiger partial charge in [0.1, 0.15) is 6.04 Å². The van der Waals surface area contributed by atoms with Crippen LogP contribution in [0.5, 0.6) is 0 Å². The zero-order valence-corrected chi connectivity index (χ0v) is 10.3. The van der Waals surface area contributed by atoms with Crippen LogP contribution in [0.3, 0.4) is 0 Å². The molecule has 94 valence electrons. The van der Waals surface area contributed by atoms with Gasteiger partial charge >= 0.3 is 6.09 Å². The van der Waals surface area contributed by atoms with E-state index in [1.807, 2.05) is 20.8 Å². The number of carbonyl (C=O) groups excluding carboxylic acids is 2. The molecule has 5 nitrogen and oxygen atoms in total. The van der Waals surface area contributed by atoms with Crippen molar-refractivity contribution >= 4 is 12.0 Å². The molecule has 0 spiro atoms. The Bertz CT molecular complexity index is 231. The zero-order chi connectivity index (χ0) is 12.6. The smallest absolute Gasteiger partial charge is 0.407 e. The Morgan fingerprint density at radius 3 is 2.44 bits per heavy atom. The third-order valence-electron chi connectivity index (χ3n) is 2.52. The molecule has 0 saturated heterocycles. The van der Waals surface area contributed by atoms with E-state index in [-0.39, 0.29) is 5.92 Å². The average Bonchev–Trinajstić information content (AvgIpc) is 2.25. The van der Waals surface area contributed by atoms with Crippen LogP contribution in [0.15, 0.2) is 0 Å². The van der Waals surface area contributed by atoms with Gasteiger partial charge in [-0.25, -0.2) is 4.79 Å². The zero-order valence-electron chi connectivity index (χ0n) is 10.3. The Balaban J connectivity index is 4.09. The summed E-state index contributed by atoms with van der Waals surface area (Å²) in [4.78, 5) is 22.4. The largest absolute Gasteiger partial charge is 0.450 e. The van der Waals surface area contributed by atoms with Crippen LogP contribution in [0.4, 0.5) is 4.79 Å². The van der Waals surface area contributed by atoms with Gasteiger partial charge in [0.25, 0.3) is 0 Å². The molecule has 2 atom stereocenters. The summed E-state index contributed by atoms with van der Waals surface area (Å²) in [7, 11) is 0. The van der Waals surface area contributed by atoms with E-state index < -0.39 is 18.0 Å². The highest BCUT2D eigenvalue weighted by molar-refractivity contribution is 5.84. The highest BCUT2D eigenvalue weighted by atomic mass is 16.5. The van der Waals surface area contributed by atoms with Crippen molar-refractivity contribution in [3.05, 3.63) is 0 Å². The van der Waals surface area contributed by atoms with Crippen LogP contribution < -0.4 is 11.1 Å². The van der Waals surface area contributed by atoms with Crippen molar-refractivity contribution in [3.63, 3.8) is 0 Å². The molecule has 2 amide bonds.